The Morgan fingerprint density at radius 3 is 2.94 bits per heavy atom. The van der Waals surface area contributed by atoms with E-state index in [4.69, 9.17) is 24.7 Å². The number of hydrogen-bond acceptors (Lipinski definition) is 5. The van der Waals surface area contributed by atoms with Crippen molar-refractivity contribution in [1.82, 2.24) is 0 Å². The summed E-state index contributed by atoms with van der Waals surface area (Å²) in [6.45, 7) is 2.68. The maximum Gasteiger partial charge on any atom is 0.189 e. The van der Waals surface area contributed by atoms with Gasteiger partial charge < -0.3 is 24.7 Å². The number of nitrogen functional groups attached to an aromatic ring is 1. The Morgan fingerprint density at radius 1 is 1.29 bits per heavy atom. The summed E-state index contributed by atoms with van der Waals surface area (Å²) in [7, 11) is 0. The fourth-order valence-electron chi connectivity index (χ4n) is 1.95. The smallest absolute Gasteiger partial charge is 0.189 e. The molecule has 2 aliphatic rings. The van der Waals surface area contributed by atoms with Crippen molar-refractivity contribution in [3.8, 4) is 5.75 Å². The predicted octanol–water partition coefficient (Wildman–Crippen LogP) is 1.05. The van der Waals surface area contributed by atoms with E-state index in [1.54, 1.807) is 0 Å². The summed E-state index contributed by atoms with van der Waals surface area (Å²) in [4.78, 5) is 0. The number of nitrogens with two attached hydrogens (primary N) is 1. The fourth-order valence-corrected chi connectivity index (χ4v) is 1.95. The summed E-state index contributed by atoms with van der Waals surface area (Å²) < 4.78 is 21.5. The molecule has 17 heavy (non-hydrogen) atoms. The first-order valence-electron chi connectivity index (χ1n) is 5.64. The van der Waals surface area contributed by atoms with Crippen molar-refractivity contribution in [2.45, 2.75) is 19.3 Å². The van der Waals surface area contributed by atoms with Crippen LogP contribution >= 0.6 is 0 Å². The first kappa shape index (κ1) is 10.8. The van der Waals surface area contributed by atoms with E-state index in [1.165, 1.54) is 0 Å². The number of fused-ring (bicyclic) bond motifs is 1. The van der Waals surface area contributed by atoms with Crippen LogP contribution in [0, 0.1) is 0 Å². The highest BCUT2D eigenvalue weighted by Gasteiger charge is 2.21. The monoisotopic (exact) mass is 237 g/mol. The van der Waals surface area contributed by atoms with Crippen molar-refractivity contribution in [1.29, 1.82) is 0 Å². The van der Waals surface area contributed by atoms with Gasteiger partial charge in [0.2, 0.25) is 0 Å². The average molecular weight is 237 g/mol. The van der Waals surface area contributed by atoms with Gasteiger partial charge >= 0.3 is 0 Å². The summed E-state index contributed by atoms with van der Waals surface area (Å²) in [5, 5.41) is 0. The van der Waals surface area contributed by atoms with Gasteiger partial charge in [-0.1, -0.05) is 0 Å². The normalized spacial score (nSPS) is 19.3. The molecule has 1 aromatic carbocycles. The van der Waals surface area contributed by atoms with Crippen LogP contribution in [0.4, 0.5) is 5.69 Å². The highest BCUT2D eigenvalue weighted by molar-refractivity contribution is 5.53. The molecule has 2 N–H and O–H groups in total. The van der Waals surface area contributed by atoms with Crippen molar-refractivity contribution >= 4 is 5.69 Å². The third-order valence-electron chi connectivity index (χ3n) is 2.89. The minimum Gasteiger partial charge on any atom is -0.467 e. The summed E-state index contributed by atoms with van der Waals surface area (Å²) in [6, 6.07) is 3.77. The van der Waals surface area contributed by atoms with E-state index in [-0.39, 0.29) is 12.9 Å². The topological polar surface area (TPSA) is 62.9 Å². The van der Waals surface area contributed by atoms with E-state index in [1.807, 2.05) is 12.1 Å². The maximum absolute atomic E-state index is 5.84. The van der Waals surface area contributed by atoms with Crippen molar-refractivity contribution in [2.75, 3.05) is 25.7 Å². The van der Waals surface area contributed by atoms with Crippen molar-refractivity contribution in [3.63, 3.8) is 0 Å². The Labute approximate surface area is 99.4 Å². The predicted molar refractivity (Wildman–Crippen MR) is 60.5 cm³/mol. The van der Waals surface area contributed by atoms with Gasteiger partial charge in [-0.3, -0.25) is 0 Å². The minimum absolute atomic E-state index is 0.201. The summed E-state index contributed by atoms with van der Waals surface area (Å²) in [5.74, 6) is 0.852. The van der Waals surface area contributed by atoms with Crippen molar-refractivity contribution < 1.29 is 18.9 Å². The second kappa shape index (κ2) is 4.52. The Hall–Kier alpha value is -1.30. The molecule has 5 heteroatoms. The zero-order valence-electron chi connectivity index (χ0n) is 9.48. The maximum atomic E-state index is 5.84. The van der Waals surface area contributed by atoms with Crippen LogP contribution in [-0.4, -0.2) is 26.1 Å². The Bertz CT molecular complexity index is 417. The van der Waals surface area contributed by atoms with Gasteiger partial charge in [-0.05, 0) is 12.1 Å². The van der Waals surface area contributed by atoms with E-state index in [0.717, 1.165) is 16.9 Å². The zero-order valence-corrected chi connectivity index (χ0v) is 9.48. The molecule has 2 aliphatic heterocycles. The van der Waals surface area contributed by atoms with E-state index in [0.29, 0.717) is 32.1 Å². The van der Waals surface area contributed by atoms with Gasteiger partial charge in [0.25, 0.3) is 0 Å². The number of rotatable bonds is 3. The summed E-state index contributed by atoms with van der Waals surface area (Å²) in [5.41, 5.74) is 8.52. The molecule has 3 rings (SSSR count). The van der Waals surface area contributed by atoms with Gasteiger partial charge in [0, 0.05) is 16.8 Å². The van der Waals surface area contributed by atoms with Crippen LogP contribution in [-0.2, 0) is 27.4 Å². The molecule has 0 saturated carbocycles. The van der Waals surface area contributed by atoms with Gasteiger partial charge in [-0.15, -0.1) is 0 Å². The Morgan fingerprint density at radius 2 is 2.18 bits per heavy atom. The Balaban J connectivity index is 1.78. The molecule has 5 nitrogen and oxygen atoms in total. The lowest BCUT2D eigenvalue weighted by Crippen LogP contribution is -2.35. The second-order valence-electron chi connectivity index (χ2n) is 4.25. The standard InChI is InChI=1S/C12H15NO4/c13-10-1-8-3-15-7-17-12(8)9(2-10)4-16-11-5-14-6-11/h1-2,11H,3-7,13H2. The molecule has 92 valence electrons. The number of anilines is 1. The molecule has 1 saturated heterocycles. The van der Waals surface area contributed by atoms with Gasteiger partial charge in [0.15, 0.2) is 6.79 Å². The van der Waals surface area contributed by atoms with E-state index in [9.17, 15) is 0 Å². The molecule has 0 aromatic heterocycles. The molecule has 0 spiro atoms. The van der Waals surface area contributed by atoms with E-state index < -0.39 is 0 Å². The third-order valence-corrected chi connectivity index (χ3v) is 2.89. The number of ether oxygens (including phenoxy) is 4. The molecule has 1 aromatic rings. The molecule has 0 aliphatic carbocycles. The van der Waals surface area contributed by atoms with Crippen LogP contribution in [0.25, 0.3) is 0 Å². The van der Waals surface area contributed by atoms with Crippen LogP contribution < -0.4 is 10.5 Å². The summed E-state index contributed by atoms with van der Waals surface area (Å²) in [6.07, 6.45) is 0.201. The SMILES string of the molecule is Nc1cc2c(c(COC3COC3)c1)OCOC2. The molecule has 0 radical (unpaired) electrons. The second-order valence-corrected chi connectivity index (χ2v) is 4.25. The van der Waals surface area contributed by atoms with Crippen LogP contribution in [0.1, 0.15) is 11.1 Å². The van der Waals surface area contributed by atoms with Crippen LogP contribution in [0.15, 0.2) is 12.1 Å². The lowest BCUT2D eigenvalue weighted by Gasteiger charge is -2.27. The summed E-state index contributed by atoms with van der Waals surface area (Å²) >= 11 is 0. The number of hydrogen-bond donors (Lipinski definition) is 1. The van der Waals surface area contributed by atoms with Gasteiger partial charge in [0.1, 0.15) is 11.9 Å². The molecule has 2 heterocycles. The highest BCUT2D eigenvalue weighted by atomic mass is 16.7. The van der Waals surface area contributed by atoms with Gasteiger partial charge in [0.05, 0.1) is 26.4 Å². The molecule has 0 amide bonds. The van der Waals surface area contributed by atoms with Crippen LogP contribution in [0.3, 0.4) is 0 Å². The average Bonchev–Trinajstić information content (AvgIpc) is 2.26. The Kier molecular flexibility index (Phi) is 2.88. The van der Waals surface area contributed by atoms with Gasteiger partial charge in [-0.25, -0.2) is 0 Å². The molecule has 0 bridgehead atoms. The quantitative estimate of drug-likeness (QED) is 0.796. The van der Waals surface area contributed by atoms with Crippen molar-refractivity contribution in [2.24, 2.45) is 0 Å². The van der Waals surface area contributed by atoms with Crippen LogP contribution in [0.2, 0.25) is 0 Å². The number of benzene rings is 1. The van der Waals surface area contributed by atoms with Crippen molar-refractivity contribution in [3.05, 3.63) is 23.3 Å². The highest BCUT2D eigenvalue weighted by Crippen LogP contribution is 2.31. The first-order chi connectivity index (χ1) is 8.33. The van der Waals surface area contributed by atoms with Crippen LogP contribution in [0.5, 0.6) is 5.75 Å². The van der Waals surface area contributed by atoms with E-state index in [2.05, 4.69) is 0 Å². The minimum atomic E-state index is 0.201. The molecule has 1 fully saturated rings. The zero-order chi connectivity index (χ0) is 11.7. The third kappa shape index (κ3) is 2.22. The fraction of sp³-hybridized carbons (Fsp3) is 0.500. The first-order valence-corrected chi connectivity index (χ1v) is 5.64. The lowest BCUT2D eigenvalue weighted by atomic mass is 10.1. The van der Waals surface area contributed by atoms with Gasteiger partial charge in [-0.2, -0.15) is 0 Å². The molecular formula is C12H15NO4. The molecule has 0 atom stereocenters. The lowest BCUT2D eigenvalue weighted by molar-refractivity contribution is -0.135. The largest absolute Gasteiger partial charge is 0.467 e. The molecular weight excluding hydrogens is 222 g/mol. The molecule has 0 unspecified atom stereocenters. The van der Waals surface area contributed by atoms with E-state index >= 15 is 0 Å².